The van der Waals surface area contributed by atoms with Crippen molar-refractivity contribution in [2.75, 3.05) is 13.1 Å². The molecule has 1 rings (SSSR count). The van der Waals surface area contributed by atoms with Crippen molar-refractivity contribution in [3.8, 4) is 0 Å². The van der Waals surface area contributed by atoms with Gasteiger partial charge in [-0.2, -0.15) is 0 Å². The second-order valence-corrected chi connectivity index (χ2v) is 4.66. The van der Waals surface area contributed by atoms with E-state index < -0.39 is 6.10 Å². The average molecular weight is 271 g/mol. The third-order valence-corrected chi connectivity index (χ3v) is 2.90. The SMILES string of the molecule is CC(=O)NCCNC(C)C(O)c1ccc(Cl)cc1. The third-order valence-electron chi connectivity index (χ3n) is 2.65. The summed E-state index contributed by atoms with van der Waals surface area (Å²) in [6, 6.07) is 7.02. The first-order valence-electron chi connectivity index (χ1n) is 5.92. The summed E-state index contributed by atoms with van der Waals surface area (Å²) < 4.78 is 0. The molecule has 0 saturated carbocycles. The van der Waals surface area contributed by atoms with E-state index in [1.807, 2.05) is 6.92 Å². The fourth-order valence-electron chi connectivity index (χ4n) is 1.60. The number of halogens is 1. The summed E-state index contributed by atoms with van der Waals surface area (Å²) in [6.45, 7) is 4.54. The Bertz CT molecular complexity index is 381. The number of carbonyl (C=O) groups excluding carboxylic acids is 1. The molecule has 0 spiro atoms. The summed E-state index contributed by atoms with van der Waals surface area (Å²) in [4.78, 5) is 10.7. The molecule has 0 saturated heterocycles. The van der Waals surface area contributed by atoms with Gasteiger partial charge < -0.3 is 15.7 Å². The number of amides is 1. The van der Waals surface area contributed by atoms with Crippen LogP contribution in [0.15, 0.2) is 24.3 Å². The molecular formula is C13H19ClN2O2. The van der Waals surface area contributed by atoms with Crippen molar-refractivity contribution >= 4 is 17.5 Å². The maximum Gasteiger partial charge on any atom is 0.216 e. The lowest BCUT2D eigenvalue weighted by Gasteiger charge is -2.20. The van der Waals surface area contributed by atoms with Crippen molar-refractivity contribution in [3.05, 3.63) is 34.9 Å². The smallest absolute Gasteiger partial charge is 0.216 e. The molecule has 1 aromatic rings. The first kappa shape index (κ1) is 15.0. The van der Waals surface area contributed by atoms with Crippen LogP contribution in [0.25, 0.3) is 0 Å². The third kappa shape index (κ3) is 5.04. The molecule has 5 heteroatoms. The Labute approximate surface area is 112 Å². The van der Waals surface area contributed by atoms with E-state index in [-0.39, 0.29) is 11.9 Å². The van der Waals surface area contributed by atoms with Crippen LogP contribution in [-0.4, -0.2) is 30.1 Å². The van der Waals surface area contributed by atoms with E-state index >= 15 is 0 Å². The number of aliphatic hydroxyl groups excluding tert-OH is 1. The van der Waals surface area contributed by atoms with E-state index in [1.54, 1.807) is 24.3 Å². The molecule has 100 valence electrons. The van der Waals surface area contributed by atoms with Crippen LogP contribution >= 0.6 is 11.6 Å². The summed E-state index contributed by atoms with van der Waals surface area (Å²) in [7, 11) is 0. The standard InChI is InChI=1S/C13H19ClN2O2/c1-9(15-7-8-16-10(2)17)13(18)11-3-5-12(14)6-4-11/h3-6,9,13,15,18H,7-8H2,1-2H3,(H,16,17). The van der Waals surface area contributed by atoms with Crippen LogP contribution in [-0.2, 0) is 4.79 Å². The second-order valence-electron chi connectivity index (χ2n) is 4.22. The van der Waals surface area contributed by atoms with Crippen LogP contribution in [0.3, 0.4) is 0 Å². The van der Waals surface area contributed by atoms with Gasteiger partial charge in [-0.1, -0.05) is 23.7 Å². The zero-order valence-electron chi connectivity index (χ0n) is 10.6. The number of rotatable bonds is 6. The Kier molecular flexibility index (Phi) is 6.12. The summed E-state index contributed by atoms with van der Waals surface area (Å²) in [5.74, 6) is -0.0531. The second kappa shape index (κ2) is 7.36. The zero-order valence-corrected chi connectivity index (χ0v) is 11.4. The van der Waals surface area contributed by atoms with Crippen LogP contribution in [0.2, 0.25) is 5.02 Å². The van der Waals surface area contributed by atoms with Gasteiger partial charge in [0.2, 0.25) is 5.91 Å². The van der Waals surface area contributed by atoms with E-state index in [2.05, 4.69) is 10.6 Å². The molecule has 0 aliphatic heterocycles. The Balaban J connectivity index is 2.38. The number of aliphatic hydroxyl groups is 1. The Morgan fingerprint density at radius 1 is 1.33 bits per heavy atom. The molecule has 0 aliphatic rings. The van der Waals surface area contributed by atoms with Gasteiger partial charge in [-0.15, -0.1) is 0 Å². The topological polar surface area (TPSA) is 61.4 Å². The molecule has 3 N–H and O–H groups in total. The maximum absolute atomic E-state index is 10.7. The predicted molar refractivity (Wildman–Crippen MR) is 72.6 cm³/mol. The van der Waals surface area contributed by atoms with Gasteiger partial charge in [0.15, 0.2) is 0 Å². The molecular weight excluding hydrogens is 252 g/mol. The van der Waals surface area contributed by atoms with Gasteiger partial charge >= 0.3 is 0 Å². The highest BCUT2D eigenvalue weighted by Crippen LogP contribution is 2.18. The Hall–Kier alpha value is -1.10. The molecule has 0 heterocycles. The van der Waals surface area contributed by atoms with E-state index in [9.17, 15) is 9.90 Å². The molecule has 0 bridgehead atoms. The van der Waals surface area contributed by atoms with Crippen LogP contribution in [0.4, 0.5) is 0 Å². The number of benzene rings is 1. The largest absolute Gasteiger partial charge is 0.387 e. The average Bonchev–Trinajstić information content (AvgIpc) is 2.34. The van der Waals surface area contributed by atoms with Crippen LogP contribution in [0, 0.1) is 0 Å². The molecule has 1 amide bonds. The minimum absolute atomic E-state index is 0.0531. The van der Waals surface area contributed by atoms with Crippen molar-refractivity contribution in [1.82, 2.24) is 10.6 Å². The van der Waals surface area contributed by atoms with Gasteiger partial charge in [0.1, 0.15) is 0 Å². The van der Waals surface area contributed by atoms with E-state index in [0.29, 0.717) is 18.1 Å². The Morgan fingerprint density at radius 3 is 2.50 bits per heavy atom. The lowest BCUT2D eigenvalue weighted by atomic mass is 10.0. The number of hydrogen-bond donors (Lipinski definition) is 3. The highest BCUT2D eigenvalue weighted by Gasteiger charge is 2.15. The minimum atomic E-state index is -0.598. The Morgan fingerprint density at radius 2 is 1.94 bits per heavy atom. The van der Waals surface area contributed by atoms with Gasteiger partial charge in [-0.25, -0.2) is 0 Å². The number of carbonyl (C=O) groups is 1. The molecule has 2 atom stereocenters. The fraction of sp³-hybridized carbons (Fsp3) is 0.462. The first-order chi connectivity index (χ1) is 8.50. The van der Waals surface area contributed by atoms with E-state index in [4.69, 9.17) is 11.6 Å². The molecule has 0 fully saturated rings. The van der Waals surface area contributed by atoms with Crippen molar-refractivity contribution in [1.29, 1.82) is 0 Å². The van der Waals surface area contributed by atoms with E-state index in [1.165, 1.54) is 6.92 Å². The van der Waals surface area contributed by atoms with Crippen molar-refractivity contribution in [2.24, 2.45) is 0 Å². The van der Waals surface area contributed by atoms with E-state index in [0.717, 1.165) is 5.56 Å². The highest BCUT2D eigenvalue weighted by molar-refractivity contribution is 6.30. The summed E-state index contributed by atoms with van der Waals surface area (Å²) in [6.07, 6.45) is -0.598. The zero-order chi connectivity index (χ0) is 13.5. The summed E-state index contributed by atoms with van der Waals surface area (Å²) >= 11 is 5.79. The van der Waals surface area contributed by atoms with Crippen LogP contribution < -0.4 is 10.6 Å². The predicted octanol–water partition coefficient (Wildman–Crippen LogP) is 1.49. The maximum atomic E-state index is 10.7. The normalized spacial score (nSPS) is 14.0. The molecule has 18 heavy (non-hydrogen) atoms. The highest BCUT2D eigenvalue weighted by atomic mass is 35.5. The monoisotopic (exact) mass is 270 g/mol. The lowest BCUT2D eigenvalue weighted by molar-refractivity contribution is -0.118. The fourth-order valence-corrected chi connectivity index (χ4v) is 1.72. The van der Waals surface area contributed by atoms with Crippen LogP contribution in [0.5, 0.6) is 0 Å². The summed E-state index contributed by atoms with van der Waals surface area (Å²) in [5.41, 5.74) is 0.818. The molecule has 0 radical (unpaired) electrons. The van der Waals surface area contributed by atoms with Crippen molar-refractivity contribution in [3.63, 3.8) is 0 Å². The molecule has 0 aliphatic carbocycles. The lowest BCUT2D eigenvalue weighted by Crippen LogP contribution is -2.38. The van der Waals surface area contributed by atoms with Gasteiger partial charge in [-0.05, 0) is 24.6 Å². The first-order valence-corrected chi connectivity index (χ1v) is 6.30. The minimum Gasteiger partial charge on any atom is -0.387 e. The molecule has 4 nitrogen and oxygen atoms in total. The van der Waals surface area contributed by atoms with Gasteiger partial charge in [0.25, 0.3) is 0 Å². The van der Waals surface area contributed by atoms with Gasteiger partial charge in [0.05, 0.1) is 6.10 Å². The van der Waals surface area contributed by atoms with Crippen molar-refractivity contribution < 1.29 is 9.90 Å². The van der Waals surface area contributed by atoms with Gasteiger partial charge in [-0.3, -0.25) is 4.79 Å². The quantitative estimate of drug-likeness (QED) is 0.687. The van der Waals surface area contributed by atoms with Crippen molar-refractivity contribution in [2.45, 2.75) is 26.0 Å². The van der Waals surface area contributed by atoms with Gasteiger partial charge in [0, 0.05) is 31.1 Å². The number of hydrogen-bond acceptors (Lipinski definition) is 3. The molecule has 2 unspecified atom stereocenters. The van der Waals surface area contributed by atoms with Crippen LogP contribution in [0.1, 0.15) is 25.5 Å². The molecule has 1 aromatic carbocycles. The number of nitrogens with one attached hydrogen (secondary N) is 2. The summed E-state index contributed by atoms with van der Waals surface area (Å²) in [5, 5.41) is 16.6. The molecule has 0 aromatic heterocycles.